The van der Waals surface area contributed by atoms with Crippen molar-refractivity contribution < 1.29 is 4.79 Å². The maximum absolute atomic E-state index is 11.9. The highest BCUT2D eigenvalue weighted by Crippen LogP contribution is 2.20. The molecule has 1 aliphatic carbocycles. The Bertz CT molecular complexity index is 294. The number of hydrogen-bond donors (Lipinski definition) is 2. The molecule has 0 aromatic heterocycles. The summed E-state index contributed by atoms with van der Waals surface area (Å²) in [5.41, 5.74) is 11.5. The van der Waals surface area contributed by atoms with Gasteiger partial charge in [-0.2, -0.15) is 0 Å². The number of hydrogen-bond acceptors (Lipinski definition) is 3. The SMILES string of the molecule is CCCCCC(=O)C1(N)C=CC(N)=CC1. The molecule has 0 aliphatic heterocycles. The lowest BCUT2D eigenvalue weighted by molar-refractivity contribution is -0.122. The summed E-state index contributed by atoms with van der Waals surface area (Å²) in [4.78, 5) is 11.9. The molecule has 0 radical (unpaired) electrons. The molecular weight excluding hydrogens is 188 g/mol. The van der Waals surface area contributed by atoms with E-state index in [-0.39, 0.29) is 5.78 Å². The molecule has 0 heterocycles. The first-order valence-electron chi connectivity index (χ1n) is 5.55. The topological polar surface area (TPSA) is 69.1 Å². The number of carbonyl (C=O) groups is 1. The van der Waals surface area contributed by atoms with E-state index >= 15 is 0 Å². The third-order valence-corrected chi connectivity index (χ3v) is 2.78. The standard InChI is InChI=1S/C12H20N2O/c1-2-3-4-5-11(15)12(14)8-6-10(13)7-9-12/h6-8H,2-5,9,13-14H2,1H3. The Labute approximate surface area is 91.2 Å². The molecule has 3 heteroatoms. The summed E-state index contributed by atoms with van der Waals surface area (Å²) in [6, 6.07) is 0. The summed E-state index contributed by atoms with van der Waals surface area (Å²) in [5, 5.41) is 0. The quantitative estimate of drug-likeness (QED) is 0.675. The van der Waals surface area contributed by atoms with Gasteiger partial charge >= 0.3 is 0 Å². The maximum atomic E-state index is 11.9. The molecule has 1 aliphatic rings. The average molecular weight is 208 g/mol. The highest BCUT2D eigenvalue weighted by molar-refractivity contribution is 5.90. The number of rotatable bonds is 5. The van der Waals surface area contributed by atoms with E-state index in [0.717, 1.165) is 19.3 Å². The zero-order chi connectivity index (χ0) is 11.3. The smallest absolute Gasteiger partial charge is 0.156 e. The van der Waals surface area contributed by atoms with Crippen molar-refractivity contribution in [1.29, 1.82) is 0 Å². The van der Waals surface area contributed by atoms with Gasteiger partial charge in [-0.3, -0.25) is 4.79 Å². The number of ketones is 1. The van der Waals surface area contributed by atoms with Crippen LogP contribution in [0.4, 0.5) is 0 Å². The Morgan fingerprint density at radius 1 is 1.53 bits per heavy atom. The Morgan fingerprint density at radius 2 is 2.27 bits per heavy atom. The maximum Gasteiger partial charge on any atom is 0.156 e. The number of Topliss-reactive ketones (excluding diaryl/α,β-unsaturated/α-hetero) is 1. The second-order valence-corrected chi connectivity index (χ2v) is 4.16. The van der Waals surface area contributed by atoms with Crippen LogP contribution in [0.5, 0.6) is 0 Å². The molecule has 3 nitrogen and oxygen atoms in total. The Hall–Kier alpha value is -1.09. The lowest BCUT2D eigenvalue weighted by Crippen LogP contribution is -2.46. The monoisotopic (exact) mass is 208 g/mol. The molecular formula is C12H20N2O. The summed E-state index contributed by atoms with van der Waals surface area (Å²) < 4.78 is 0. The van der Waals surface area contributed by atoms with Crippen molar-refractivity contribution in [3.63, 3.8) is 0 Å². The third kappa shape index (κ3) is 3.20. The third-order valence-electron chi connectivity index (χ3n) is 2.78. The lowest BCUT2D eigenvalue weighted by atomic mass is 9.85. The van der Waals surface area contributed by atoms with Crippen LogP contribution in [0.1, 0.15) is 39.0 Å². The average Bonchev–Trinajstić information content (AvgIpc) is 2.23. The second-order valence-electron chi connectivity index (χ2n) is 4.16. The Morgan fingerprint density at radius 3 is 2.80 bits per heavy atom. The molecule has 84 valence electrons. The predicted octanol–water partition coefficient (Wildman–Crippen LogP) is 1.64. The van der Waals surface area contributed by atoms with E-state index in [1.807, 2.05) is 6.08 Å². The summed E-state index contributed by atoms with van der Waals surface area (Å²) >= 11 is 0. The summed E-state index contributed by atoms with van der Waals surface area (Å²) in [7, 11) is 0. The van der Waals surface area contributed by atoms with Crippen LogP contribution in [-0.4, -0.2) is 11.3 Å². The van der Waals surface area contributed by atoms with Crippen LogP contribution in [0.3, 0.4) is 0 Å². The van der Waals surface area contributed by atoms with Crippen LogP contribution >= 0.6 is 0 Å². The summed E-state index contributed by atoms with van der Waals surface area (Å²) in [6.07, 6.45) is 9.51. The molecule has 0 saturated carbocycles. The van der Waals surface area contributed by atoms with Crippen LogP contribution in [0.25, 0.3) is 0 Å². The zero-order valence-corrected chi connectivity index (χ0v) is 9.33. The number of nitrogens with two attached hydrogens (primary N) is 2. The van der Waals surface area contributed by atoms with Gasteiger partial charge in [0.2, 0.25) is 0 Å². The highest BCUT2D eigenvalue weighted by atomic mass is 16.1. The minimum atomic E-state index is -0.809. The zero-order valence-electron chi connectivity index (χ0n) is 9.33. The van der Waals surface area contributed by atoms with Gasteiger partial charge in [-0.25, -0.2) is 0 Å². The number of allylic oxidation sites excluding steroid dienone is 1. The number of unbranched alkanes of at least 4 members (excludes halogenated alkanes) is 2. The van der Waals surface area contributed by atoms with E-state index in [9.17, 15) is 4.79 Å². The van der Waals surface area contributed by atoms with Gasteiger partial charge in [-0.05, 0) is 18.9 Å². The molecule has 15 heavy (non-hydrogen) atoms. The van der Waals surface area contributed by atoms with Crippen molar-refractivity contribution in [1.82, 2.24) is 0 Å². The lowest BCUT2D eigenvalue weighted by Gasteiger charge is -2.25. The van der Waals surface area contributed by atoms with Crippen molar-refractivity contribution in [2.45, 2.75) is 44.6 Å². The Kier molecular flexibility index (Phi) is 4.09. The van der Waals surface area contributed by atoms with E-state index < -0.39 is 5.54 Å². The van der Waals surface area contributed by atoms with Crippen molar-refractivity contribution >= 4 is 5.78 Å². The predicted molar refractivity (Wildman–Crippen MR) is 62.1 cm³/mol. The minimum Gasteiger partial charge on any atom is -0.399 e. The molecule has 1 unspecified atom stereocenters. The van der Waals surface area contributed by atoms with Gasteiger partial charge in [0.1, 0.15) is 0 Å². The molecule has 1 rings (SSSR count). The fourth-order valence-corrected chi connectivity index (χ4v) is 1.64. The molecule has 0 aromatic rings. The molecule has 0 fully saturated rings. The molecule has 0 amide bonds. The van der Waals surface area contributed by atoms with Crippen molar-refractivity contribution in [2.24, 2.45) is 11.5 Å². The van der Waals surface area contributed by atoms with Crippen LogP contribution in [-0.2, 0) is 4.79 Å². The van der Waals surface area contributed by atoms with Crippen molar-refractivity contribution in [3.8, 4) is 0 Å². The van der Waals surface area contributed by atoms with Crippen LogP contribution in [0.2, 0.25) is 0 Å². The van der Waals surface area contributed by atoms with Crippen LogP contribution in [0, 0.1) is 0 Å². The fraction of sp³-hybridized carbons (Fsp3) is 0.583. The van der Waals surface area contributed by atoms with Gasteiger partial charge in [0, 0.05) is 12.1 Å². The van der Waals surface area contributed by atoms with E-state index in [4.69, 9.17) is 11.5 Å². The second kappa shape index (κ2) is 5.12. The number of carbonyl (C=O) groups excluding carboxylic acids is 1. The highest BCUT2D eigenvalue weighted by Gasteiger charge is 2.30. The van der Waals surface area contributed by atoms with Crippen molar-refractivity contribution in [3.05, 3.63) is 23.9 Å². The van der Waals surface area contributed by atoms with Gasteiger partial charge in [0.25, 0.3) is 0 Å². The van der Waals surface area contributed by atoms with Gasteiger partial charge < -0.3 is 11.5 Å². The summed E-state index contributed by atoms with van der Waals surface area (Å²) in [6.45, 7) is 2.12. The van der Waals surface area contributed by atoms with Gasteiger partial charge in [-0.15, -0.1) is 0 Å². The molecule has 0 aromatic carbocycles. The summed E-state index contributed by atoms with van der Waals surface area (Å²) in [5.74, 6) is 0.121. The van der Waals surface area contributed by atoms with E-state index in [0.29, 0.717) is 18.5 Å². The first kappa shape index (κ1) is 12.0. The van der Waals surface area contributed by atoms with Crippen molar-refractivity contribution in [2.75, 3.05) is 0 Å². The van der Waals surface area contributed by atoms with E-state index in [1.54, 1.807) is 12.2 Å². The Balaban J connectivity index is 2.49. The fourth-order valence-electron chi connectivity index (χ4n) is 1.64. The molecule has 0 bridgehead atoms. The normalized spacial score (nSPS) is 25.1. The molecule has 0 spiro atoms. The van der Waals surface area contributed by atoms with E-state index in [2.05, 4.69) is 6.92 Å². The molecule has 0 saturated heterocycles. The van der Waals surface area contributed by atoms with Crippen LogP contribution in [0.15, 0.2) is 23.9 Å². The first-order chi connectivity index (χ1) is 7.08. The first-order valence-corrected chi connectivity index (χ1v) is 5.55. The van der Waals surface area contributed by atoms with Gasteiger partial charge in [0.15, 0.2) is 5.78 Å². The molecule has 1 atom stereocenters. The minimum absolute atomic E-state index is 0.121. The van der Waals surface area contributed by atoms with Gasteiger partial charge in [0.05, 0.1) is 5.54 Å². The molecule has 4 N–H and O–H groups in total. The van der Waals surface area contributed by atoms with Gasteiger partial charge in [-0.1, -0.05) is 31.9 Å². The largest absolute Gasteiger partial charge is 0.399 e. The van der Waals surface area contributed by atoms with Crippen LogP contribution < -0.4 is 11.5 Å². The van der Waals surface area contributed by atoms with E-state index in [1.165, 1.54) is 0 Å².